The number of nitrogens with one attached hydrogen (secondary N) is 3. The Bertz CT molecular complexity index is 639. The second kappa shape index (κ2) is 7.03. The lowest BCUT2D eigenvalue weighted by Crippen LogP contribution is -2.44. The molecule has 0 spiro atoms. The summed E-state index contributed by atoms with van der Waals surface area (Å²) in [5.74, 6) is 0.409. The fourth-order valence-corrected chi connectivity index (χ4v) is 3.06. The van der Waals surface area contributed by atoms with Crippen LogP contribution in [0.3, 0.4) is 0 Å². The van der Waals surface area contributed by atoms with Gasteiger partial charge in [0.15, 0.2) is 5.96 Å². The SMILES string of the molecule is CC(=O)NCc1ccc(CN2C(=N)NC(C)(CC(C)C)C2=O)cc1. The average Bonchev–Trinajstić information content (AvgIpc) is 2.69. The Morgan fingerprint density at radius 1 is 1.29 bits per heavy atom. The molecule has 2 amide bonds. The van der Waals surface area contributed by atoms with Crippen LogP contribution < -0.4 is 10.6 Å². The molecule has 6 heteroatoms. The fraction of sp³-hybridized carbons (Fsp3) is 0.500. The average molecular weight is 330 g/mol. The van der Waals surface area contributed by atoms with Crippen molar-refractivity contribution in [3.63, 3.8) is 0 Å². The van der Waals surface area contributed by atoms with Crippen LogP contribution >= 0.6 is 0 Å². The van der Waals surface area contributed by atoms with Crippen molar-refractivity contribution >= 4 is 17.8 Å². The molecule has 1 saturated heterocycles. The number of hydrogen-bond donors (Lipinski definition) is 3. The lowest BCUT2D eigenvalue weighted by Gasteiger charge is -2.24. The van der Waals surface area contributed by atoms with Crippen molar-refractivity contribution in [3.05, 3.63) is 35.4 Å². The maximum absolute atomic E-state index is 12.7. The Balaban J connectivity index is 2.04. The van der Waals surface area contributed by atoms with Gasteiger partial charge in [-0.05, 0) is 30.4 Å². The second-order valence-electron chi connectivity index (χ2n) is 7.02. The van der Waals surface area contributed by atoms with Gasteiger partial charge in [0, 0.05) is 13.5 Å². The minimum absolute atomic E-state index is 0.0523. The van der Waals surface area contributed by atoms with Crippen molar-refractivity contribution < 1.29 is 9.59 Å². The van der Waals surface area contributed by atoms with Crippen LogP contribution in [0.1, 0.15) is 45.2 Å². The third kappa shape index (κ3) is 4.13. The first-order valence-corrected chi connectivity index (χ1v) is 8.22. The Labute approximate surface area is 143 Å². The number of hydrogen-bond acceptors (Lipinski definition) is 3. The third-order valence-corrected chi connectivity index (χ3v) is 4.10. The van der Waals surface area contributed by atoms with Crippen molar-refractivity contribution in [2.24, 2.45) is 5.92 Å². The molecular formula is C18H26N4O2. The van der Waals surface area contributed by atoms with E-state index in [0.717, 1.165) is 11.1 Å². The van der Waals surface area contributed by atoms with E-state index in [4.69, 9.17) is 5.41 Å². The van der Waals surface area contributed by atoms with E-state index in [1.54, 1.807) is 0 Å². The molecule has 1 atom stereocenters. The highest BCUT2D eigenvalue weighted by Crippen LogP contribution is 2.25. The molecule has 0 aromatic heterocycles. The van der Waals surface area contributed by atoms with Gasteiger partial charge in [0.1, 0.15) is 5.54 Å². The van der Waals surface area contributed by atoms with E-state index in [2.05, 4.69) is 24.5 Å². The van der Waals surface area contributed by atoms with Crippen LogP contribution in [0.4, 0.5) is 0 Å². The van der Waals surface area contributed by atoms with Gasteiger partial charge in [-0.2, -0.15) is 0 Å². The summed E-state index contributed by atoms with van der Waals surface area (Å²) in [6.07, 6.45) is 0.695. The molecule has 1 heterocycles. The van der Waals surface area contributed by atoms with Crippen LogP contribution in [0, 0.1) is 11.3 Å². The van der Waals surface area contributed by atoms with Gasteiger partial charge in [-0.15, -0.1) is 0 Å². The number of guanidine groups is 1. The standard InChI is InChI=1S/C18H26N4O2/c1-12(2)9-18(4)16(24)22(17(19)21-18)11-15-7-5-14(6-8-15)10-20-13(3)23/h5-8,12H,9-11H2,1-4H3,(H2,19,21)(H,20,23). The molecule has 0 saturated carbocycles. The minimum Gasteiger partial charge on any atom is -0.352 e. The zero-order chi connectivity index (χ0) is 17.9. The summed E-state index contributed by atoms with van der Waals surface area (Å²) in [5.41, 5.74) is 1.26. The van der Waals surface area contributed by atoms with E-state index in [1.807, 2.05) is 31.2 Å². The van der Waals surface area contributed by atoms with Crippen LogP contribution in [0.15, 0.2) is 24.3 Å². The molecule has 0 aliphatic carbocycles. The van der Waals surface area contributed by atoms with E-state index >= 15 is 0 Å². The Morgan fingerprint density at radius 2 is 1.88 bits per heavy atom. The van der Waals surface area contributed by atoms with Crippen LogP contribution in [-0.2, 0) is 22.7 Å². The lowest BCUT2D eigenvalue weighted by atomic mass is 9.91. The zero-order valence-electron chi connectivity index (χ0n) is 14.8. The third-order valence-electron chi connectivity index (χ3n) is 4.10. The fourth-order valence-electron chi connectivity index (χ4n) is 3.06. The predicted molar refractivity (Wildman–Crippen MR) is 93.2 cm³/mol. The predicted octanol–water partition coefficient (Wildman–Crippen LogP) is 1.99. The summed E-state index contributed by atoms with van der Waals surface area (Å²) < 4.78 is 0. The van der Waals surface area contributed by atoms with E-state index in [9.17, 15) is 9.59 Å². The molecule has 130 valence electrons. The first-order valence-electron chi connectivity index (χ1n) is 8.22. The van der Waals surface area contributed by atoms with Gasteiger partial charge in [-0.3, -0.25) is 19.9 Å². The molecule has 1 aromatic carbocycles. The number of nitrogens with zero attached hydrogens (tertiary/aromatic N) is 1. The van der Waals surface area contributed by atoms with Gasteiger partial charge < -0.3 is 10.6 Å². The lowest BCUT2D eigenvalue weighted by molar-refractivity contribution is -0.131. The highest BCUT2D eigenvalue weighted by Gasteiger charge is 2.45. The molecule has 0 radical (unpaired) electrons. The van der Waals surface area contributed by atoms with Crippen LogP contribution in [0.5, 0.6) is 0 Å². The molecule has 1 aromatic rings. The molecular weight excluding hydrogens is 304 g/mol. The molecule has 1 unspecified atom stereocenters. The molecule has 6 nitrogen and oxygen atoms in total. The molecule has 0 bridgehead atoms. The van der Waals surface area contributed by atoms with E-state index in [1.165, 1.54) is 11.8 Å². The van der Waals surface area contributed by atoms with Crippen LogP contribution in [-0.4, -0.2) is 28.2 Å². The van der Waals surface area contributed by atoms with Gasteiger partial charge >= 0.3 is 0 Å². The topological polar surface area (TPSA) is 85.3 Å². The summed E-state index contributed by atoms with van der Waals surface area (Å²) in [5, 5.41) is 13.9. The van der Waals surface area contributed by atoms with E-state index in [0.29, 0.717) is 25.4 Å². The number of carbonyl (C=O) groups is 2. The molecule has 2 rings (SSSR count). The van der Waals surface area contributed by atoms with Crippen LogP contribution in [0.2, 0.25) is 0 Å². The van der Waals surface area contributed by atoms with Crippen LogP contribution in [0.25, 0.3) is 0 Å². The Morgan fingerprint density at radius 3 is 2.42 bits per heavy atom. The Kier molecular flexibility index (Phi) is 5.26. The molecule has 1 aliphatic rings. The van der Waals surface area contributed by atoms with Crippen molar-refractivity contribution in [1.82, 2.24) is 15.5 Å². The summed E-state index contributed by atoms with van der Waals surface area (Å²) >= 11 is 0. The maximum atomic E-state index is 12.7. The quantitative estimate of drug-likeness (QED) is 0.746. The van der Waals surface area contributed by atoms with Crippen molar-refractivity contribution in [2.45, 2.75) is 52.7 Å². The first kappa shape index (κ1) is 18.0. The zero-order valence-corrected chi connectivity index (χ0v) is 14.8. The minimum atomic E-state index is -0.698. The van der Waals surface area contributed by atoms with E-state index in [-0.39, 0.29) is 17.8 Å². The molecule has 24 heavy (non-hydrogen) atoms. The van der Waals surface area contributed by atoms with Crippen molar-refractivity contribution in [2.75, 3.05) is 0 Å². The highest BCUT2D eigenvalue weighted by atomic mass is 16.2. The van der Waals surface area contributed by atoms with Crippen molar-refractivity contribution in [1.29, 1.82) is 5.41 Å². The smallest absolute Gasteiger partial charge is 0.255 e. The highest BCUT2D eigenvalue weighted by molar-refractivity contribution is 6.07. The van der Waals surface area contributed by atoms with Gasteiger partial charge in [0.2, 0.25) is 5.91 Å². The number of rotatable bonds is 6. The number of carbonyl (C=O) groups excluding carboxylic acids is 2. The van der Waals surface area contributed by atoms with Gasteiger partial charge in [0.05, 0.1) is 6.54 Å². The largest absolute Gasteiger partial charge is 0.352 e. The summed E-state index contributed by atoms with van der Waals surface area (Å²) in [4.78, 5) is 25.1. The number of benzene rings is 1. The van der Waals surface area contributed by atoms with E-state index < -0.39 is 5.54 Å². The first-order chi connectivity index (χ1) is 11.2. The maximum Gasteiger partial charge on any atom is 0.255 e. The molecule has 1 aliphatic heterocycles. The second-order valence-corrected chi connectivity index (χ2v) is 7.02. The van der Waals surface area contributed by atoms with Gasteiger partial charge in [0.25, 0.3) is 5.91 Å². The summed E-state index contributed by atoms with van der Waals surface area (Å²) in [6, 6.07) is 7.71. The molecule has 1 fully saturated rings. The van der Waals surface area contributed by atoms with Crippen molar-refractivity contribution in [3.8, 4) is 0 Å². The molecule has 3 N–H and O–H groups in total. The monoisotopic (exact) mass is 330 g/mol. The van der Waals surface area contributed by atoms with Gasteiger partial charge in [-0.1, -0.05) is 38.1 Å². The van der Waals surface area contributed by atoms with Gasteiger partial charge in [-0.25, -0.2) is 0 Å². The number of amides is 2. The Hall–Kier alpha value is -2.37. The summed E-state index contributed by atoms with van der Waals surface area (Å²) in [7, 11) is 0. The normalized spacial score (nSPS) is 20.5. The summed E-state index contributed by atoms with van der Waals surface area (Å²) in [6.45, 7) is 8.35.